The molecule has 0 fully saturated rings. The number of aryl methyl sites for hydroxylation is 1. The van der Waals surface area contributed by atoms with Crippen LogP contribution in [0, 0.1) is 0 Å². The lowest BCUT2D eigenvalue weighted by molar-refractivity contribution is 0.488. The van der Waals surface area contributed by atoms with Gasteiger partial charge in [0.25, 0.3) is 0 Å². The largest absolute Gasteiger partial charge is 0.310 e. The van der Waals surface area contributed by atoms with Crippen LogP contribution in [-0.2, 0) is 6.42 Å². The lowest BCUT2D eigenvalue weighted by Crippen LogP contribution is -2.20. The van der Waals surface area contributed by atoms with E-state index < -0.39 is 0 Å². The Morgan fingerprint density at radius 2 is 1.50 bits per heavy atom. The molecule has 0 aliphatic heterocycles. The summed E-state index contributed by atoms with van der Waals surface area (Å²) in [6.45, 7) is 3.21. The van der Waals surface area contributed by atoms with Crippen LogP contribution in [0.4, 0.5) is 0 Å². The molecule has 1 N–H and O–H groups in total. The maximum Gasteiger partial charge on any atom is 0.0320 e. The Labute approximate surface area is 123 Å². The smallest absolute Gasteiger partial charge is 0.0320 e. The molecule has 2 rings (SSSR count). The quantitative estimate of drug-likeness (QED) is 0.681. The maximum absolute atomic E-state index is 3.60. The highest BCUT2D eigenvalue weighted by atomic mass is 14.9. The van der Waals surface area contributed by atoms with Gasteiger partial charge in [0.05, 0.1) is 0 Å². The van der Waals surface area contributed by atoms with Crippen molar-refractivity contribution in [3.8, 4) is 0 Å². The summed E-state index contributed by atoms with van der Waals surface area (Å²) >= 11 is 0. The summed E-state index contributed by atoms with van der Waals surface area (Å²) < 4.78 is 0. The van der Waals surface area contributed by atoms with Gasteiger partial charge >= 0.3 is 0 Å². The summed E-state index contributed by atoms with van der Waals surface area (Å²) in [5.41, 5.74) is 2.86. The molecule has 0 aromatic heterocycles. The fraction of sp³-hybridized carbons (Fsp3) is 0.368. The third-order valence-corrected chi connectivity index (χ3v) is 3.70. The standard InChI is InChI=1S/C19H25N/c1-2-20-19(18-14-7-4-8-15-18)16-10-9-13-17-11-5-3-6-12-17/h3-8,11-12,14-15,19-20H,2,9-10,13,16H2,1H3. The minimum Gasteiger partial charge on any atom is -0.310 e. The molecule has 0 bridgehead atoms. The SMILES string of the molecule is CCNC(CCCCc1ccccc1)c1ccccc1. The van der Waals surface area contributed by atoms with Crippen molar-refractivity contribution < 1.29 is 0 Å². The molecule has 0 spiro atoms. The molecule has 0 aliphatic carbocycles. The van der Waals surface area contributed by atoms with Crippen LogP contribution in [0.5, 0.6) is 0 Å². The molecule has 1 heteroatoms. The van der Waals surface area contributed by atoms with E-state index in [-0.39, 0.29) is 0 Å². The van der Waals surface area contributed by atoms with Gasteiger partial charge in [0.2, 0.25) is 0 Å². The molecule has 0 saturated heterocycles. The lowest BCUT2D eigenvalue weighted by Gasteiger charge is -2.18. The first-order valence-corrected chi connectivity index (χ1v) is 7.72. The Kier molecular flexibility index (Phi) is 6.33. The normalized spacial score (nSPS) is 12.2. The third kappa shape index (κ3) is 4.82. The van der Waals surface area contributed by atoms with Crippen molar-refractivity contribution in [3.63, 3.8) is 0 Å². The molecule has 0 radical (unpaired) electrons. The van der Waals surface area contributed by atoms with Crippen LogP contribution < -0.4 is 5.32 Å². The van der Waals surface area contributed by atoms with Crippen LogP contribution in [0.25, 0.3) is 0 Å². The Hall–Kier alpha value is -1.60. The first-order chi connectivity index (χ1) is 9.90. The Bertz CT molecular complexity index is 464. The summed E-state index contributed by atoms with van der Waals surface area (Å²) in [5.74, 6) is 0. The van der Waals surface area contributed by atoms with Gasteiger partial charge in [0.1, 0.15) is 0 Å². The predicted molar refractivity (Wildman–Crippen MR) is 86.9 cm³/mol. The summed E-state index contributed by atoms with van der Waals surface area (Å²) in [6, 6.07) is 22.1. The van der Waals surface area contributed by atoms with Crippen LogP contribution in [-0.4, -0.2) is 6.54 Å². The van der Waals surface area contributed by atoms with Gasteiger partial charge in [-0.2, -0.15) is 0 Å². The van der Waals surface area contributed by atoms with Crippen LogP contribution in [0.2, 0.25) is 0 Å². The third-order valence-electron chi connectivity index (χ3n) is 3.70. The molecular weight excluding hydrogens is 242 g/mol. The first-order valence-electron chi connectivity index (χ1n) is 7.72. The zero-order valence-corrected chi connectivity index (χ0v) is 12.4. The monoisotopic (exact) mass is 267 g/mol. The topological polar surface area (TPSA) is 12.0 Å². The summed E-state index contributed by atoms with van der Waals surface area (Å²) in [4.78, 5) is 0. The van der Waals surface area contributed by atoms with E-state index in [2.05, 4.69) is 72.9 Å². The molecule has 1 atom stereocenters. The van der Waals surface area contributed by atoms with E-state index in [1.807, 2.05) is 0 Å². The molecule has 106 valence electrons. The number of nitrogens with one attached hydrogen (secondary N) is 1. The molecule has 0 heterocycles. The van der Waals surface area contributed by atoms with E-state index in [9.17, 15) is 0 Å². The molecule has 20 heavy (non-hydrogen) atoms. The van der Waals surface area contributed by atoms with Crippen molar-refractivity contribution >= 4 is 0 Å². The van der Waals surface area contributed by atoms with Crippen molar-refractivity contribution in [3.05, 3.63) is 71.8 Å². The zero-order chi connectivity index (χ0) is 14.0. The summed E-state index contributed by atoms with van der Waals surface area (Å²) in [5, 5.41) is 3.60. The van der Waals surface area contributed by atoms with Crippen LogP contribution in [0.15, 0.2) is 60.7 Å². The van der Waals surface area contributed by atoms with Crippen molar-refractivity contribution in [1.29, 1.82) is 0 Å². The Balaban J connectivity index is 1.78. The van der Waals surface area contributed by atoms with Gasteiger partial charge in [0, 0.05) is 6.04 Å². The maximum atomic E-state index is 3.60. The van der Waals surface area contributed by atoms with Crippen LogP contribution in [0.1, 0.15) is 43.4 Å². The molecule has 1 nitrogen and oxygen atoms in total. The van der Waals surface area contributed by atoms with E-state index in [0.717, 1.165) is 6.54 Å². The second kappa shape index (κ2) is 8.55. The highest BCUT2D eigenvalue weighted by Crippen LogP contribution is 2.19. The van der Waals surface area contributed by atoms with Gasteiger partial charge in [-0.15, -0.1) is 0 Å². The molecule has 2 aromatic rings. The predicted octanol–water partition coefficient (Wildman–Crippen LogP) is 4.75. The van der Waals surface area contributed by atoms with Gasteiger partial charge in [-0.1, -0.05) is 74.0 Å². The fourth-order valence-corrected chi connectivity index (χ4v) is 2.64. The van der Waals surface area contributed by atoms with E-state index in [1.54, 1.807) is 0 Å². The zero-order valence-electron chi connectivity index (χ0n) is 12.4. The van der Waals surface area contributed by atoms with E-state index in [1.165, 1.54) is 36.8 Å². The number of rotatable bonds is 8. The molecule has 0 saturated carbocycles. The first kappa shape index (κ1) is 14.8. The number of hydrogen-bond acceptors (Lipinski definition) is 1. The van der Waals surface area contributed by atoms with Crippen molar-refractivity contribution in [2.75, 3.05) is 6.54 Å². The fourth-order valence-electron chi connectivity index (χ4n) is 2.64. The molecule has 1 unspecified atom stereocenters. The molecule has 0 aliphatic rings. The highest BCUT2D eigenvalue weighted by molar-refractivity contribution is 5.19. The van der Waals surface area contributed by atoms with Gasteiger partial charge in [-0.25, -0.2) is 0 Å². The van der Waals surface area contributed by atoms with Gasteiger partial charge in [0.15, 0.2) is 0 Å². The Morgan fingerprint density at radius 3 is 2.15 bits per heavy atom. The van der Waals surface area contributed by atoms with Crippen LogP contribution in [0.3, 0.4) is 0 Å². The van der Waals surface area contributed by atoms with Crippen molar-refractivity contribution in [1.82, 2.24) is 5.32 Å². The number of unbranched alkanes of at least 4 members (excludes halogenated alkanes) is 1. The summed E-state index contributed by atoms with van der Waals surface area (Å²) in [7, 11) is 0. The van der Waals surface area contributed by atoms with Crippen molar-refractivity contribution in [2.24, 2.45) is 0 Å². The molecular formula is C19H25N. The van der Waals surface area contributed by atoms with Gasteiger partial charge in [-0.05, 0) is 36.9 Å². The highest BCUT2D eigenvalue weighted by Gasteiger charge is 2.08. The minimum absolute atomic E-state index is 0.497. The molecule has 2 aromatic carbocycles. The second-order valence-corrected chi connectivity index (χ2v) is 5.25. The summed E-state index contributed by atoms with van der Waals surface area (Å²) in [6.07, 6.45) is 4.93. The van der Waals surface area contributed by atoms with E-state index in [4.69, 9.17) is 0 Å². The second-order valence-electron chi connectivity index (χ2n) is 5.25. The number of benzene rings is 2. The lowest BCUT2D eigenvalue weighted by atomic mass is 9.99. The van der Waals surface area contributed by atoms with Gasteiger partial charge in [-0.3, -0.25) is 0 Å². The van der Waals surface area contributed by atoms with E-state index >= 15 is 0 Å². The van der Waals surface area contributed by atoms with Crippen LogP contribution >= 0.6 is 0 Å². The minimum atomic E-state index is 0.497. The van der Waals surface area contributed by atoms with Crippen molar-refractivity contribution in [2.45, 2.75) is 38.6 Å². The molecule has 0 amide bonds. The van der Waals surface area contributed by atoms with Gasteiger partial charge < -0.3 is 5.32 Å². The average Bonchev–Trinajstić information content (AvgIpc) is 2.52. The number of hydrogen-bond donors (Lipinski definition) is 1. The Morgan fingerprint density at radius 1 is 0.850 bits per heavy atom. The van der Waals surface area contributed by atoms with E-state index in [0.29, 0.717) is 6.04 Å². The average molecular weight is 267 g/mol.